The topological polar surface area (TPSA) is 57.6 Å². The van der Waals surface area contributed by atoms with Crippen LogP contribution in [0.1, 0.15) is 19.4 Å². The smallest absolute Gasteiger partial charge is 0.416 e. The first kappa shape index (κ1) is 16.0. The molecule has 0 fully saturated rings. The van der Waals surface area contributed by atoms with Gasteiger partial charge in [0.25, 0.3) is 0 Å². The maximum Gasteiger partial charge on any atom is 0.416 e. The number of benzene rings is 1. The first-order chi connectivity index (χ1) is 9.12. The number of aliphatic carboxylic acids is 1. The Hall–Kier alpha value is -2.05. The first-order valence-corrected chi connectivity index (χ1v) is 5.81. The highest BCUT2D eigenvalue weighted by Crippen LogP contribution is 2.30. The Labute approximate surface area is 113 Å². The van der Waals surface area contributed by atoms with E-state index in [4.69, 9.17) is 5.11 Å². The van der Waals surface area contributed by atoms with Gasteiger partial charge in [-0.05, 0) is 24.3 Å². The summed E-state index contributed by atoms with van der Waals surface area (Å²) in [6.45, 7) is 2.55. The normalized spacial score (nSPS) is 12.8. The second kappa shape index (κ2) is 5.94. The van der Waals surface area contributed by atoms with Crippen LogP contribution in [0.5, 0.6) is 0 Å². The van der Waals surface area contributed by atoms with Gasteiger partial charge in [0, 0.05) is 19.2 Å². The molecule has 4 nitrogen and oxygen atoms in total. The molecule has 0 radical (unpaired) electrons. The standard InChI is InChI=1S/C13H14F3NO3/c1-8(12(19)20)7-17(9(2)18)11-5-3-10(4-6-11)13(14,15)16/h3-6,8H,7H2,1-2H3,(H,19,20). The Balaban J connectivity index is 2.99. The van der Waals surface area contributed by atoms with Crippen LogP contribution in [0.4, 0.5) is 18.9 Å². The molecule has 0 saturated heterocycles. The van der Waals surface area contributed by atoms with E-state index in [9.17, 15) is 22.8 Å². The molecule has 1 aromatic rings. The van der Waals surface area contributed by atoms with Crippen LogP contribution < -0.4 is 4.90 Å². The Bertz CT molecular complexity index is 497. The van der Waals surface area contributed by atoms with Crippen LogP contribution in [-0.2, 0) is 15.8 Å². The summed E-state index contributed by atoms with van der Waals surface area (Å²) in [5, 5.41) is 8.82. The second-order valence-corrected chi connectivity index (χ2v) is 4.41. The highest BCUT2D eigenvalue weighted by atomic mass is 19.4. The number of amides is 1. The average Bonchev–Trinajstić information content (AvgIpc) is 2.34. The molecule has 110 valence electrons. The van der Waals surface area contributed by atoms with E-state index < -0.39 is 29.5 Å². The van der Waals surface area contributed by atoms with Crippen molar-refractivity contribution in [1.29, 1.82) is 0 Å². The molecular formula is C13H14F3NO3. The van der Waals surface area contributed by atoms with Crippen molar-refractivity contribution in [1.82, 2.24) is 0 Å². The molecule has 0 aliphatic carbocycles. The van der Waals surface area contributed by atoms with Crippen LogP contribution in [0.2, 0.25) is 0 Å². The van der Waals surface area contributed by atoms with Crippen LogP contribution in [-0.4, -0.2) is 23.5 Å². The molecule has 1 rings (SSSR count). The van der Waals surface area contributed by atoms with E-state index in [1.54, 1.807) is 0 Å². The number of hydrogen-bond acceptors (Lipinski definition) is 2. The van der Waals surface area contributed by atoms with Crippen molar-refractivity contribution in [2.45, 2.75) is 20.0 Å². The lowest BCUT2D eigenvalue weighted by molar-refractivity contribution is -0.141. The number of anilines is 1. The molecular weight excluding hydrogens is 275 g/mol. The molecule has 1 aromatic carbocycles. The van der Waals surface area contributed by atoms with Gasteiger partial charge in [-0.15, -0.1) is 0 Å². The number of alkyl halides is 3. The fourth-order valence-corrected chi connectivity index (χ4v) is 1.60. The van der Waals surface area contributed by atoms with Gasteiger partial charge in [-0.1, -0.05) is 6.92 Å². The van der Waals surface area contributed by atoms with Gasteiger partial charge >= 0.3 is 12.1 Å². The summed E-state index contributed by atoms with van der Waals surface area (Å²) in [4.78, 5) is 23.4. The number of nitrogens with zero attached hydrogens (tertiary/aromatic N) is 1. The molecule has 7 heteroatoms. The van der Waals surface area contributed by atoms with Gasteiger partial charge in [-0.3, -0.25) is 9.59 Å². The van der Waals surface area contributed by atoms with Gasteiger partial charge in [0.1, 0.15) is 0 Å². The number of rotatable bonds is 4. The van der Waals surface area contributed by atoms with Gasteiger partial charge < -0.3 is 10.0 Å². The van der Waals surface area contributed by atoms with Crippen molar-refractivity contribution in [2.75, 3.05) is 11.4 Å². The molecule has 0 aliphatic rings. The van der Waals surface area contributed by atoms with E-state index in [-0.39, 0.29) is 12.2 Å². The highest BCUT2D eigenvalue weighted by molar-refractivity contribution is 5.92. The predicted molar refractivity (Wildman–Crippen MR) is 66.3 cm³/mol. The zero-order chi connectivity index (χ0) is 15.5. The molecule has 1 unspecified atom stereocenters. The Kier molecular flexibility index (Phi) is 4.75. The minimum Gasteiger partial charge on any atom is -0.481 e. The van der Waals surface area contributed by atoms with Gasteiger partial charge in [0.15, 0.2) is 0 Å². The second-order valence-electron chi connectivity index (χ2n) is 4.41. The lowest BCUT2D eigenvalue weighted by atomic mass is 10.1. The van der Waals surface area contributed by atoms with Crippen LogP contribution in [0.25, 0.3) is 0 Å². The third-order valence-electron chi connectivity index (χ3n) is 2.76. The molecule has 0 aromatic heterocycles. The van der Waals surface area contributed by atoms with Crippen molar-refractivity contribution in [3.05, 3.63) is 29.8 Å². The van der Waals surface area contributed by atoms with Crippen LogP contribution in [0, 0.1) is 5.92 Å². The summed E-state index contributed by atoms with van der Waals surface area (Å²) in [5.41, 5.74) is -0.588. The van der Waals surface area contributed by atoms with E-state index in [0.717, 1.165) is 29.2 Å². The lowest BCUT2D eigenvalue weighted by Crippen LogP contribution is -2.35. The molecule has 1 amide bonds. The molecule has 0 spiro atoms. The number of carbonyl (C=O) groups is 2. The lowest BCUT2D eigenvalue weighted by Gasteiger charge is -2.23. The number of halogens is 3. The molecule has 0 saturated carbocycles. The molecule has 0 bridgehead atoms. The highest BCUT2D eigenvalue weighted by Gasteiger charge is 2.30. The fourth-order valence-electron chi connectivity index (χ4n) is 1.60. The zero-order valence-corrected chi connectivity index (χ0v) is 10.9. The fraction of sp³-hybridized carbons (Fsp3) is 0.385. The van der Waals surface area contributed by atoms with E-state index in [0.29, 0.717) is 0 Å². The minimum atomic E-state index is -4.45. The van der Waals surface area contributed by atoms with Crippen LogP contribution in [0.15, 0.2) is 24.3 Å². The van der Waals surface area contributed by atoms with Crippen LogP contribution in [0.3, 0.4) is 0 Å². The molecule has 1 atom stereocenters. The third-order valence-corrected chi connectivity index (χ3v) is 2.76. The van der Waals surface area contributed by atoms with Crippen molar-refractivity contribution >= 4 is 17.6 Å². The van der Waals surface area contributed by atoms with Crippen molar-refractivity contribution in [3.63, 3.8) is 0 Å². The van der Waals surface area contributed by atoms with E-state index in [1.807, 2.05) is 0 Å². The van der Waals surface area contributed by atoms with Gasteiger partial charge in [0.2, 0.25) is 5.91 Å². The summed E-state index contributed by atoms with van der Waals surface area (Å²) < 4.78 is 37.3. The minimum absolute atomic E-state index is 0.101. The zero-order valence-electron chi connectivity index (χ0n) is 10.9. The number of carbonyl (C=O) groups excluding carboxylic acids is 1. The van der Waals surface area contributed by atoms with Crippen LogP contribution >= 0.6 is 0 Å². The van der Waals surface area contributed by atoms with Gasteiger partial charge in [-0.25, -0.2) is 0 Å². The summed E-state index contributed by atoms with van der Waals surface area (Å²) in [6, 6.07) is 4.02. The summed E-state index contributed by atoms with van der Waals surface area (Å²) in [6.07, 6.45) is -4.45. The van der Waals surface area contributed by atoms with Crippen molar-refractivity contribution in [2.24, 2.45) is 5.92 Å². The molecule has 0 heterocycles. The maximum absolute atomic E-state index is 12.4. The largest absolute Gasteiger partial charge is 0.481 e. The average molecular weight is 289 g/mol. The third kappa shape index (κ3) is 3.97. The summed E-state index contributed by atoms with van der Waals surface area (Å²) in [5.74, 6) is -2.33. The van der Waals surface area contributed by atoms with Crippen molar-refractivity contribution < 1.29 is 27.9 Å². The Morgan fingerprint density at radius 2 is 1.75 bits per heavy atom. The van der Waals surface area contributed by atoms with Gasteiger partial charge in [0.05, 0.1) is 11.5 Å². The first-order valence-electron chi connectivity index (χ1n) is 5.81. The number of carboxylic acids is 1. The molecule has 20 heavy (non-hydrogen) atoms. The Morgan fingerprint density at radius 3 is 2.10 bits per heavy atom. The Morgan fingerprint density at radius 1 is 1.25 bits per heavy atom. The molecule has 0 aliphatic heterocycles. The maximum atomic E-state index is 12.4. The number of carboxylic acid groups (broad SMARTS) is 1. The SMILES string of the molecule is CC(=O)N(CC(C)C(=O)O)c1ccc(C(F)(F)F)cc1. The van der Waals surface area contributed by atoms with E-state index >= 15 is 0 Å². The quantitative estimate of drug-likeness (QED) is 0.927. The van der Waals surface area contributed by atoms with E-state index in [1.165, 1.54) is 13.8 Å². The number of hydrogen-bond donors (Lipinski definition) is 1. The summed E-state index contributed by atoms with van der Waals surface area (Å²) in [7, 11) is 0. The summed E-state index contributed by atoms with van der Waals surface area (Å²) >= 11 is 0. The monoisotopic (exact) mass is 289 g/mol. The molecule has 1 N–H and O–H groups in total. The van der Waals surface area contributed by atoms with Crippen molar-refractivity contribution in [3.8, 4) is 0 Å². The van der Waals surface area contributed by atoms with Gasteiger partial charge in [-0.2, -0.15) is 13.2 Å². The predicted octanol–water partition coefficient (Wildman–Crippen LogP) is 2.78. The van der Waals surface area contributed by atoms with E-state index in [2.05, 4.69) is 0 Å².